The van der Waals surface area contributed by atoms with Gasteiger partial charge in [0.25, 0.3) is 0 Å². The highest BCUT2D eigenvalue weighted by molar-refractivity contribution is 5.27. The highest BCUT2D eigenvalue weighted by Crippen LogP contribution is 2.22. The van der Waals surface area contributed by atoms with Crippen LogP contribution in [-0.4, -0.2) is 60.3 Å². The summed E-state index contributed by atoms with van der Waals surface area (Å²) in [6, 6.07) is 8.84. The van der Waals surface area contributed by atoms with Crippen molar-refractivity contribution in [3.8, 4) is 5.75 Å². The van der Waals surface area contributed by atoms with Gasteiger partial charge >= 0.3 is 0 Å². The van der Waals surface area contributed by atoms with E-state index in [0.29, 0.717) is 18.1 Å². The van der Waals surface area contributed by atoms with Gasteiger partial charge in [-0.05, 0) is 36.5 Å². The van der Waals surface area contributed by atoms with Crippen LogP contribution in [0.2, 0.25) is 0 Å². The molecule has 0 aliphatic carbocycles. The Bertz CT molecular complexity index is 481. The first kappa shape index (κ1) is 19.2. The van der Waals surface area contributed by atoms with Crippen molar-refractivity contribution in [3.05, 3.63) is 29.8 Å². The summed E-state index contributed by atoms with van der Waals surface area (Å²) in [6.45, 7) is 15.1. The van der Waals surface area contributed by atoms with Crippen molar-refractivity contribution >= 4 is 0 Å². The van der Waals surface area contributed by atoms with Gasteiger partial charge in [-0.15, -0.1) is 0 Å². The minimum absolute atomic E-state index is 0.258. The Balaban J connectivity index is 1.96. The van der Waals surface area contributed by atoms with Crippen LogP contribution in [-0.2, 0) is 6.54 Å². The van der Waals surface area contributed by atoms with Gasteiger partial charge < -0.3 is 9.84 Å². The summed E-state index contributed by atoms with van der Waals surface area (Å²) in [7, 11) is 0. The highest BCUT2D eigenvalue weighted by Gasteiger charge is 2.28. The molecule has 2 rings (SSSR count). The zero-order valence-electron chi connectivity index (χ0n) is 15.8. The summed E-state index contributed by atoms with van der Waals surface area (Å²) in [4.78, 5) is 5.07. The molecule has 24 heavy (non-hydrogen) atoms. The van der Waals surface area contributed by atoms with Gasteiger partial charge in [0.05, 0.1) is 6.61 Å². The van der Waals surface area contributed by atoms with E-state index in [0.717, 1.165) is 44.9 Å². The number of nitrogens with zero attached hydrogens (tertiary/aromatic N) is 2. The molecule has 1 aliphatic heterocycles. The third-order valence-corrected chi connectivity index (χ3v) is 4.47. The van der Waals surface area contributed by atoms with E-state index in [1.165, 1.54) is 5.56 Å². The molecule has 0 unspecified atom stereocenters. The van der Waals surface area contributed by atoms with Crippen LogP contribution in [0.25, 0.3) is 0 Å². The molecule has 0 spiro atoms. The summed E-state index contributed by atoms with van der Waals surface area (Å²) >= 11 is 0. The Labute approximate surface area is 147 Å². The SMILES string of the molecule is CCOc1ccc(CN2CCN(CC(C)(C)C)C[C@H]2CCO)cc1. The largest absolute Gasteiger partial charge is 0.494 e. The van der Waals surface area contributed by atoms with E-state index in [1.54, 1.807) is 0 Å². The Hall–Kier alpha value is -1.10. The van der Waals surface area contributed by atoms with Crippen molar-refractivity contribution < 1.29 is 9.84 Å². The molecule has 1 N–H and O–H groups in total. The second kappa shape index (κ2) is 8.84. The molecule has 1 fully saturated rings. The van der Waals surface area contributed by atoms with Crippen molar-refractivity contribution in [2.45, 2.75) is 46.7 Å². The van der Waals surface area contributed by atoms with Gasteiger partial charge in [0.1, 0.15) is 5.75 Å². The van der Waals surface area contributed by atoms with Crippen LogP contribution in [0.5, 0.6) is 5.75 Å². The number of hydrogen-bond acceptors (Lipinski definition) is 4. The molecule has 1 aliphatic rings. The fourth-order valence-electron chi connectivity index (χ4n) is 3.49. The molecule has 0 radical (unpaired) electrons. The summed E-state index contributed by atoms with van der Waals surface area (Å²) in [5.41, 5.74) is 1.63. The lowest BCUT2D eigenvalue weighted by Gasteiger charge is -2.43. The van der Waals surface area contributed by atoms with Crippen LogP contribution < -0.4 is 4.74 Å². The predicted molar refractivity (Wildman–Crippen MR) is 99.4 cm³/mol. The lowest BCUT2D eigenvalue weighted by Crippen LogP contribution is -2.54. The molecule has 1 saturated heterocycles. The maximum Gasteiger partial charge on any atom is 0.119 e. The van der Waals surface area contributed by atoms with Gasteiger partial charge in [0.2, 0.25) is 0 Å². The Morgan fingerprint density at radius 1 is 1.17 bits per heavy atom. The van der Waals surface area contributed by atoms with E-state index in [2.05, 4.69) is 54.8 Å². The molecule has 1 aromatic rings. The number of benzene rings is 1. The molecule has 4 nitrogen and oxygen atoms in total. The number of aliphatic hydroxyl groups is 1. The first-order chi connectivity index (χ1) is 11.4. The van der Waals surface area contributed by atoms with Crippen LogP contribution in [0.15, 0.2) is 24.3 Å². The van der Waals surface area contributed by atoms with Crippen LogP contribution in [0.3, 0.4) is 0 Å². The van der Waals surface area contributed by atoms with E-state index in [1.807, 2.05) is 6.92 Å². The molecular formula is C20H34N2O2. The van der Waals surface area contributed by atoms with Gasteiger partial charge in [-0.25, -0.2) is 0 Å². The number of rotatable bonds is 7. The molecule has 4 heteroatoms. The summed E-state index contributed by atoms with van der Waals surface area (Å²) in [5.74, 6) is 0.933. The van der Waals surface area contributed by atoms with Gasteiger partial charge in [-0.2, -0.15) is 0 Å². The topological polar surface area (TPSA) is 35.9 Å². The van der Waals surface area contributed by atoms with E-state index >= 15 is 0 Å². The first-order valence-electron chi connectivity index (χ1n) is 9.20. The maximum atomic E-state index is 9.45. The Kier molecular flexibility index (Phi) is 7.08. The predicted octanol–water partition coefficient (Wildman–Crippen LogP) is 3.00. The molecule has 1 heterocycles. The van der Waals surface area contributed by atoms with Gasteiger partial charge in [0.15, 0.2) is 0 Å². The van der Waals surface area contributed by atoms with Crippen LogP contribution in [0.1, 0.15) is 39.7 Å². The standard InChI is InChI=1S/C20H34N2O2/c1-5-24-19-8-6-17(7-9-19)14-22-12-11-21(16-20(2,3)4)15-18(22)10-13-23/h6-9,18,23H,5,10-16H2,1-4H3/t18-/m1/s1. The normalized spacial score (nSPS) is 20.3. The lowest BCUT2D eigenvalue weighted by atomic mass is 9.95. The van der Waals surface area contributed by atoms with E-state index in [-0.39, 0.29) is 6.61 Å². The Morgan fingerprint density at radius 3 is 2.46 bits per heavy atom. The van der Waals surface area contributed by atoms with Crippen LogP contribution in [0, 0.1) is 5.41 Å². The summed E-state index contributed by atoms with van der Waals surface area (Å²) < 4.78 is 5.52. The second-order valence-electron chi connectivity index (χ2n) is 8.01. The molecule has 0 bridgehead atoms. The number of hydrogen-bond donors (Lipinski definition) is 1. The first-order valence-corrected chi connectivity index (χ1v) is 9.20. The minimum atomic E-state index is 0.258. The van der Waals surface area contributed by atoms with E-state index in [4.69, 9.17) is 4.74 Å². The molecule has 0 amide bonds. The zero-order valence-corrected chi connectivity index (χ0v) is 15.8. The van der Waals surface area contributed by atoms with Crippen molar-refractivity contribution in [2.24, 2.45) is 5.41 Å². The van der Waals surface area contributed by atoms with Crippen molar-refractivity contribution in [1.82, 2.24) is 9.80 Å². The van der Waals surface area contributed by atoms with E-state index in [9.17, 15) is 5.11 Å². The monoisotopic (exact) mass is 334 g/mol. The molecule has 1 aromatic carbocycles. The second-order valence-corrected chi connectivity index (χ2v) is 8.01. The average Bonchev–Trinajstić information content (AvgIpc) is 2.51. The van der Waals surface area contributed by atoms with Crippen molar-refractivity contribution in [1.29, 1.82) is 0 Å². The van der Waals surface area contributed by atoms with Crippen molar-refractivity contribution in [3.63, 3.8) is 0 Å². The summed E-state index contributed by atoms with van der Waals surface area (Å²) in [5, 5.41) is 9.45. The molecule has 0 saturated carbocycles. The lowest BCUT2D eigenvalue weighted by molar-refractivity contribution is 0.0382. The summed E-state index contributed by atoms with van der Waals surface area (Å²) in [6.07, 6.45) is 0.845. The van der Waals surface area contributed by atoms with Crippen LogP contribution >= 0.6 is 0 Å². The van der Waals surface area contributed by atoms with Crippen LogP contribution in [0.4, 0.5) is 0 Å². The number of piperazine rings is 1. The minimum Gasteiger partial charge on any atom is -0.494 e. The third-order valence-electron chi connectivity index (χ3n) is 4.47. The molecule has 136 valence electrons. The van der Waals surface area contributed by atoms with E-state index < -0.39 is 0 Å². The maximum absolute atomic E-state index is 9.45. The average molecular weight is 335 g/mol. The number of aliphatic hydroxyl groups excluding tert-OH is 1. The molecule has 0 aromatic heterocycles. The number of ether oxygens (including phenoxy) is 1. The highest BCUT2D eigenvalue weighted by atomic mass is 16.5. The fourth-order valence-corrected chi connectivity index (χ4v) is 3.49. The zero-order chi connectivity index (χ0) is 17.6. The smallest absolute Gasteiger partial charge is 0.119 e. The third kappa shape index (κ3) is 6.08. The van der Waals surface area contributed by atoms with Gasteiger partial charge in [-0.1, -0.05) is 32.9 Å². The van der Waals surface area contributed by atoms with Gasteiger partial charge in [0, 0.05) is 45.4 Å². The molecular weight excluding hydrogens is 300 g/mol. The quantitative estimate of drug-likeness (QED) is 0.831. The van der Waals surface area contributed by atoms with Crippen molar-refractivity contribution in [2.75, 3.05) is 39.4 Å². The van der Waals surface area contributed by atoms with Gasteiger partial charge in [-0.3, -0.25) is 9.80 Å². The Morgan fingerprint density at radius 2 is 1.88 bits per heavy atom. The molecule has 1 atom stereocenters. The fraction of sp³-hybridized carbons (Fsp3) is 0.700.